The van der Waals surface area contributed by atoms with Crippen molar-refractivity contribution < 1.29 is 17.6 Å². The first-order valence-electron chi connectivity index (χ1n) is 8.81. The van der Waals surface area contributed by atoms with Gasteiger partial charge in [-0.15, -0.1) is 0 Å². The topological polar surface area (TPSA) is 88.5 Å². The van der Waals surface area contributed by atoms with E-state index < -0.39 is 27.8 Å². The maximum Gasteiger partial charge on any atom is 0.308 e. The van der Waals surface area contributed by atoms with Crippen molar-refractivity contribution in [3.05, 3.63) is 57.9 Å². The van der Waals surface area contributed by atoms with Crippen LogP contribution in [0.4, 0.5) is 15.8 Å². The predicted octanol–water partition coefficient (Wildman–Crippen LogP) is 3.02. The van der Waals surface area contributed by atoms with Crippen molar-refractivity contribution in [2.45, 2.75) is 26.4 Å². The molecule has 3 rings (SSSR count). The van der Waals surface area contributed by atoms with Gasteiger partial charge in [-0.3, -0.25) is 18.5 Å². The Morgan fingerprint density at radius 1 is 1.28 bits per heavy atom. The lowest BCUT2D eigenvalue weighted by molar-refractivity contribution is -0.116. The molecule has 29 heavy (non-hydrogen) atoms. The minimum absolute atomic E-state index is 0.0591. The number of halogens is 1. The highest BCUT2D eigenvalue weighted by Crippen LogP contribution is 2.24. The van der Waals surface area contributed by atoms with Crippen molar-refractivity contribution in [2.24, 2.45) is 0 Å². The maximum absolute atomic E-state index is 13.6. The Bertz CT molecular complexity index is 1230. The number of hydrogen-bond donors (Lipinski definition) is 1. The van der Waals surface area contributed by atoms with Gasteiger partial charge >= 0.3 is 4.87 Å². The molecule has 1 amide bonds. The van der Waals surface area contributed by atoms with Crippen LogP contribution in [0.2, 0.25) is 0 Å². The van der Waals surface area contributed by atoms with Crippen LogP contribution in [-0.4, -0.2) is 31.2 Å². The number of hydrogen-bond acceptors (Lipinski definition) is 5. The van der Waals surface area contributed by atoms with Crippen LogP contribution in [0.15, 0.2) is 47.3 Å². The van der Waals surface area contributed by atoms with Gasteiger partial charge in [0.15, 0.2) is 0 Å². The lowest BCUT2D eigenvalue weighted by atomic mass is 10.2. The predicted molar refractivity (Wildman–Crippen MR) is 114 cm³/mol. The molecular weight excluding hydrogens is 417 g/mol. The number of carbonyl (C=O) groups excluding carboxylic acids is 1. The Kier molecular flexibility index (Phi) is 5.76. The van der Waals surface area contributed by atoms with Gasteiger partial charge in [0.05, 0.1) is 22.2 Å². The highest BCUT2D eigenvalue weighted by Gasteiger charge is 2.29. The highest BCUT2D eigenvalue weighted by atomic mass is 32.2. The van der Waals surface area contributed by atoms with Crippen molar-refractivity contribution in [3.63, 3.8) is 0 Å². The maximum atomic E-state index is 13.6. The Labute approximate surface area is 171 Å². The molecule has 0 bridgehead atoms. The smallest absolute Gasteiger partial charge is 0.308 e. The zero-order chi connectivity index (χ0) is 21.3. The van der Waals surface area contributed by atoms with E-state index in [-0.39, 0.29) is 10.6 Å². The molecule has 3 aromatic rings. The Morgan fingerprint density at radius 2 is 2.00 bits per heavy atom. The number of aryl methyl sites for hydroxylation is 1. The molecule has 0 saturated carbocycles. The van der Waals surface area contributed by atoms with E-state index in [9.17, 15) is 22.4 Å². The van der Waals surface area contributed by atoms with Crippen LogP contribution in [-0.2, 0) is 21.4 Å². The number of aromatic nitrogens is 1. The monoisotopic (exact) mass is 437 g/mol. The fourth-order valence-electron chi connectivity index (χ4n) is 3.11. The van der Waals surface area contributed by atoms with Crippen LogP contribution in [0.1, 0.15) is 13.8 Å². The van der Waals surface area contributed by atoms with E-state index in [0.717, 1.165) is 33.5 Å². The molecule has 0 aliphatic rings. The van der Waals surface area contributed by atoms with Gasteiger partial charge in [0.2, 0.25) is 15.9 Å². The van der Waals surface area contributed by atoms with Crippen LogP contribution in [0.5, 0.6) is 0 Å². The second-order valence-corrected chi connectivity index (χ2v) is 9.35. The third kappa shape index (κ3) is 4.33. The van der Waals surface area contributed by atoms with E-state index in [1.54, 1.807) is 22.8 Å². The third-order valence-electron chi connectivity index (χ3n) is 4.40. The van der Waals surface area contributed by atoms with Crippen molar-refractivity contribution >= 4 is 48.9 Å². The van der Waals surface area contributed by atoms with E-state index in [4.69, 9.17) is 0 Å². The van der Waals surface area contributed by atoms with Crippen LogP contribution in [0.3, 0.4) is 0 Å². The second-order valence-electron chi connectivity index (χ2n) is 6.50. The van der Waals surface area contributed by atoms with Crippen LogP contribution in [0.25, 0.3) is 10.2 Å². The van der Waals surface area contributed by atoms with Gasteiger partial charge in [0.1, 0.15) is 11.9 Å². The zero-order valence-corrected chi connectivity index (χ0v) is 17.7. The summed E-state index contributed by atoms with van der Waals surface area (Å²) in [5, 5.41) is 2.67. The molecule has 0 aliphatic heterocycles. The minimum Gasteiger partial charge on any atom is -0.324 e. The lowest BCUT2D eigenvalue weighted by Gasteiger charge is -2.28. The number of fused-ring (bicyclic) bond motifs is 1. The van der Waals surface area contributed by atoms with Gasteiger partial charge in [-0.05, 0) is 50.2 Å². The molecule has 1 atom stereocenters. The highest BCUT2D eigenvalue weighted by molar-refractivity contribution is 7.92. The average Bonchev–Trinajstić information content (AvgIpc) is 2.94. The first kappa shape index (κ1) is 21.0. The summed E-state index contributed by atoms with van der Waals surface area (Å²) < 4.78 is 41.4. The first-order chi connectivity index (χ1) is 13.6. The number of sulfonamides is 1. The number of nitrogens with zero attached hydrogens (tertiary/aromatic N) is 2. The number of nitrogens with one attached hydrogen (secondary N) is 1. The largest absolute Gasteiger partial charge is 0.324 e. The Morgan fingerprint density at radius 3 is 2.62 bits per heavy atom. The van der Waals surface area contributed by atoms with Crippen LogP contribution < -0.4 is 14.5 Å². The molecule has 2 aromatic carbocycles. The number of amides is 1. The summed E-state index contributed by atoms with van der Waals surface area (Å²) in [5.41, 5.74) is 1.27. The fourth-order valence-corrected chi connectivity index (χ4v) is 5.27. The van der Waals surface area contributed by atoms with Gasteiger partial charge in [-0.1, -0.05) is 17.4 Å². The summed E-state index contributed by atoms with van der Waals surface area (Å²) in [6.45, 7) is 3.83. The number of thiazole rings is 1. The van der Waals surface area contributed by atoms with Gasteiger partial charge in [-0.25, -0.2) is 12.8 Å². The molecule has 0 unspecified atom stereocenters. The summed E-state index contributed by atoms with van der Waals surface area (Å²) in [6.07, 6.45) is 0.957. The molecule has 0 saturated heterocycles. The van der Waals surface area contributed by atoms with E-state index in [0.29, 0.717) is 16.9 Å². The quantitative estimate of drug-likeness (QED) is 0.642. The summed E-state index contributed by atoms with van der Waals surface area (Å²) in [4.78, 5) is 24.6. The molecule has 0 spiro atoms. The van der Waals surface area contributed by atoms with Crippen molar-refractivity contribution in [2.75, 3.05) is 15.9 Å². The van der Waals surface area contributed by atoms with Crippen molar-refractivity contribution in [1.82, 2.24) is 4.57 Å². The third-order valence-corrected chi connectivity index (χ3v) is 6.59. The normalized spacial score (nSPS) is 12.7. The fraction of sp³-hybridized carbons (Fsp3) is 0.263. The van der Waals surface area contributed by atoms with Crippen molar-refractivity contribution in [1.29, 1.82) is 0 Å². The Hall–Kier alpha value is -2.72. The molecule has 0 aliphatic carbocycles. The van der Waals surface area contributed by atoms with Gasteiger partial charge in [-0.2, -0.15) is 0 Å². The molecule has 1 heterocycles. The van der Waals surface area contributed by atoms with Crippen LogP contribution >= 0.6 is 11.3 Å². The van der Waals surface area contributed by atoms with Gasteiger partial charge in [0, 0.05) is 12.2 Å². The van der Waals surface area contributed by atoms with Crippen molar-refractivity contribution in [3.8, 4) is 0 Å². The standard InChI is InChI=1S/C19H20FN3O4S2/c1-4-22-16-9-8-14(11-17(16)28-19(22)25)21-18(24)12(2)23(29(3,26)27)15-7-5-6-13(20)10-15/h5-12H,4H2,1-3H3,(H,21,24)/t12-/m0/s1. The molecule has 1 aromatic heterocycles. The first-order valence-corrected chi connectivity index (χ1v) is 11.5. The van der Waals surface area contributed by atoms with E-state index in [1.807, 2.05) is 6.92 Å². The molecule has 0 fully saturated rings. The molecule has 154 valence electrons. The number of rotatable bonds is 6. The summed E-state index contributed by atoms with van der Waals surface area (Å²) >= 11 is 1.07. The lowest BCUT2D eigenvalue weighted by Crippen LogP contribution is -2.45. The average molecular weight is 438 g/mol. The summed E-state index contributed by atoms with van der Waals surface area (Å²) in [5.74, 6) is -1.19. The second kappa shape index (κ2) is 7.96. The molecule has 7 nitrogen and oxygen atoms in total. The number of benzene rings is 2. The number of anilines is 2. The Balaban J connectivity index is 1.90. The minimum atomic E-state index is -3.85. The van der Waals surface area contributed by atoms with Gasteiger partial charge in [0.25, 0.3) is 0 Å². The SMILES string of the molecule is CCn1c(=O)sc2cc(NC(=O)[C@H](C)N(c3cccc(F)c3)S(C)(=O)=O)ccc21. The van der Waals surface area contributed by atoms with E-state index in [2.05, 4.69) is 5.32 Å². The molecule has 0 radical (unpaired) electrons. The molecular formula is C19H20FN3O4S2. The van der Waals surface area contributed by atoms with E-state index >= 15 is 0 Å². The number of carbonyl (C=O) groups is 1. The molecule has 10 heteroatoms. The van der Waals surface area contributed by atoms with Gasteiger partial charge < -0.3 is 5.32 Å². The molecule has 1 N–H and O–H groups in total. The van der Waals surface area contributed by atoms with E-state index in [1.165, 1.54) is 25.1 Å². The zero-order valence-electron chi connectivity index (χ0n) is 16.0. The summed E-state index contributed by atoms with van der Waals surface area (Å²) in [7, 11) is -3.85. The summed E-state index contributed by atoms with van der Waals surface area (Å²) in [6, 6.07) is 8.98. The van der Waals surface area contributed by atoms with Crippen LogP contribution in [0, 0.1) is 5.82 Å².